The molecule has 0 spiro atoms. The van der Waals surface area contributed by atoms with Crippen molar-refractivity contribution in [1.82, 2.24) is 4.90 Å². The fourth-order valence-electron chi connectivity index (χ4n) is 3.05. The third-order valence-electron chi connectivity index (χ3n) is 4.26. The number of aryl methyl sites for hydroxylation is 2. The summed E-state index contributed by atoms with van der Waals surface area (Å²) in [6, 6.07) is 8.70. The lowest BCUT2D eigenvalue weighted by atomic mass is 10.1. The topological polar surface area (TPSA) is 66.7 Å². The van der Waals surface area contributed by atoms with Crippen LogP contribution in [0, 0.1) is 24.0 Å². The van der Waals surface area contributed by atoms with E-state index in [0.29, 0.717) is 31.9 Å². The first-order valence-corrected chi connectivity index (χ1v) is 8.63. The number of carbonyl (C=O) groups excluding carboxylic acids is 1. The van der Waals surface area contributed by atoms with Gasteiger partial charge in [0.05, 0.1) is 10.5 Å². The van der Waals surface area contributed by atoms with Crippen LogP contribution in [0.2, 0.25) is 0 Å². The number of hydrogen-bond acceptors (Lipinski definition) is 5. The molecule has 2 heterocycles. The Morgan fingerprint density at radius 3 is 2.42 bits per heavy atom. The number of para-hydroxylation sites is 2. The first-order chi connectivity index (χ1) is 11.5. The highest BCUT2D eigenvalue weighted by Gasteiger charge is 2.27. The largest absolute Gasteiger partial charge is 0.362 e. The van der Waals surface area contributed by atoms with Crippen LogP contribution in [0.1, 0.15) is 20.1 Å². The van der Waals surface area contributed by atoms with Gasteiger partial charge < -0.3 is 9.80 Å². The molecule has 6 nitrogen and oxygen atoms in total. The molecule has 1 aromatic carbocycles. The second-order valence-corrected chi connectivity index (χ2v) is 7.31. The van der Waals surface area contributed by atoms with Gasteiger partial charge in [-0.15, -0.1) is 11.3 Å². The van der Waals surface area contributed by atoms with Gasteiger partial charge in [-0.2, -0.15) is 0 Å². The van der Waals surface area contributed by atoms with Crippen molar-refractivity contribution >= 4 is 28.6 Å². The predicted octanol–water partition coefficient (Wildman–Crippen LogP) is 3.24. The Kier molecular flexibility index (Phi) is 4.53. The molecule has 1 fully saturated rings. The molecule has 1 aliphatic heterocycles. The number of nitrogens with zero attached hydrogens (tertiary/aromatic N) is 3. The smallest absolute Gasteiger partial charge is 0.292 e. The van der Waals surface area contributed by atoms with Gasteiger partial charge in [0.1, 0.15) is 5.69 Å². The first-order valence-electron chi connectivity index (χ1n) is 7.82. The maximum absolute atomic E-state index is 12.7. The third-order valence-corrected chi connectivity index (χ3v) is 5.22. The summed E-state index contributed by atoms with van der Waals surface area (Å²) in [5.74, 6) is 0.0547. The van der Waals surface area contributed by atoms with Crippen LogP contribution >= 0.6 is 11.3 Å². The molecule has 126 valence electrons. The van der Waals surface area contributed by atoms with Crippen molar-refractivity contribution in [1.29, 1.82) is 0 Å². The van der Waals surface area contributed by atoms with E-state index in [9.17, 15) is 14.9 Å². The minimum atomic E-state index is -0.357. The van der Waals surface area contributed by atoms with Crippen molar-refractivity contribution in [3.05, 3.63) is 55.8 Å². The normalized spacial score (nSPS) is 14.8. The van der Waals surface area contributed by atoms with Gasteiger partial charge in [-0.25, -0.2) is 0 Å². The molecule has 0 N–H and O–H groups in total. The summed E-state index contributed by atoms with van der Waals surface area (Å²) in [5, 5.41) is 11.2. The summed E-state index contributed by atoms with van der Waals surface area (Å²) in [5.41, 5.74) is 1.51. The van der Waals surface area contributed by atoms with Crippen LogP contribution in [0.4, 0.5) is 11.4 Å². The van der Waals surface area contributed by atoms with Crippen molar-refractivity contribution in [3.63, 3.8) is 0 Å². The van der Waals surface area contributed by atoms with Crippen LogP contribution in [0.3, 0.4) is 0 Å². The van der Waals surface area contributed by atoms with Gasteiger partial charge in [0.15, 0.2) is 0 Å². The number of piperazine rings is 1. The number of anilines is 1. The van der Waals surface area contributed by atoms with Crippen LogP contribution in [0.5, 0.6) is 0 Å². The van der Waals surface area contributed by atoms with E-state index in [4.69, 9.17) is 0 Å². The summed E-state index contributed by atoms with van der Waals surface area (Å²) in [6.07, 6.45) is 0. The van der Waals surface area contributed by atoms with E-state index < -0.39 is 0 Å². The number of thiophene rings is 1. The predicted molar refractivity (Wildman–Crippen MR) is 95.0 cm³/mol. The highest BCUT2D eigenvalue weighted by molar-refractivity contribution is 7.12. The lowest BCUT2D eigenvalue weighted by Crippen LogP contribution is -2.49. The Balaban J connectivity index is 1.71. The molecule has 1 saturated heterocycles. The standard InChI is InChI=1S/C17H19N3O3S/c1-12-11-14(13(2)24-12)17(21)19-9-7-18(8-10-19)15-5-3-4-6-16(15)20(22)23/h3-6,11H,7-10H2,1-2H3. The Morgan fingerprint density at radius 2 is 1.83 bits per heavy atom. The van der Waals surface area contributed by atoms with E-state index in [0.717, 1.165) is 15.3 Å². The fourth-order valence-corrected chi connectivity index (χ4v) is 3.97. The minimum absolute atomic E-state index is 0.0547. The van der Waals surface area contributed by atoms with Crippen molar-refractivity contribution < 1.29 is 9.72 Å². The highest BCUT2D eigenvalue weighted by atomic mass is 32.1. The van der Waals surface area contributed by atoms with E-state index in [-0.39, 0.29) is 16.5 Å². The maximum atomic E-state index is 12.7. The minimum Gasteiger partial charge on any atom is -0.362 e. The monoisotopic (exact) mass is 345 g/mol. The second-order valence-electron chi connectivity index (χ2n) is 5.85. The lowest BCUT2D eigenvalue weighted by molar-refractivity contribution is -0.384. The van der Waals surface area contributed by atoms with Gasteiger partial charge in [-0.3, -0.25) is 14.9 Å². The summed E-state index contributed by atoms with van der Waals surface area (Å²) in [7, 11) is 0. The number of rotatable bonds is 3. The van der Waals surface area contributed by atoms with E-state index in [1.54, 1.807) is 29.5 Å². The quantitative estimate of drug-likeness (QED) is 0.633. The van der Waals surface area contributed by atoms with Gasteiger partial charge in [0, 0.05) is 42.0 Å². The Morgan fingerprint density at radius 1 is 1.17 bits per heavy atom. The van der Waals surface area contributed by atoms with E-state index in [2.05, 4.69) is 0 Å². The molecule has 24 heavy (non-hydrogen) atoms. The molecule has 0 radical (unpaired) electrons. The lowest BCUT2D eigenvalue weighted by Gasteiger charge is -2.35. The first kappa shape index (κ1) is 16.4. The van der Waals surface area contributed by atoms with Crippen LogP contribution in [0.15, 0.2) is 30.3 Å². The number of benzene rings is 1. The molecular weight excluding hydrogens is 326 g/mol. The van der Waals surface area contributed by atoms with Crippen molar-refractivity contribution in [2.24, 2.45) is 0 Å². The molecule has 1 amide bonds. The molecule has 0 saturated carbocycles. The zero-order chi connectivity index (χ0) is 17.3. The summed E-state index contributed by atoms with van der Waals surface area (Å²) >= 11 is 1.63. The third kappa shape index (κ3) is 3.12. The summed E-state index contributed by atoms with van der Waals surface area (Å²) < 4.78 is 0. The second kappa shape index (κ2) is 6.60. The Bertz CT molecular complexity index is 779. The van der Waals surface area contributed by atoms with Gasteiger partial charge in [0.2, 0.25) is 0 Å². The zero-order valence-electron chi connectivity index (χ0n) is 13.7. The molecular formula is C17H19N3O3S. The molecule has 2 aromatic rings. The molecule has 7 heteroatoms. The molecule has 1 aromatic heterocycles. The number of hydrogen-bond donors (Lipinski definition) is 0. The molecule has 0 aliphatic carbocycles. The number of amides is 1. The van der Waals surface area contributed by atoms with Gasteiger partial charge in [-0.1, -0.05) is 12.1 Å². The van der Waals surface area contributed by atoms with Gasteiger partial charge in [0.25, 0.3) is 11.6 Å². The SMILES string of the molecule is Cc1cc(C(=O)N2CCN(c3ccccc3[N+](=O)[O-])CC2)c(C)s1. The summed E-state index contributed by atoms with van der Waals surface area (Å²) in [4.78, 5) is 29.5. The van der Waals surface area contributed by atoms with Gasteiger partial charge >= 0.3 is 0 Å². The van der Waals surface area contributed by atoms with Gasteiger partial charge in [-0.05, 0) is 26.0 Å². The molecule has 1 aliphatic rings. The van der Waals surface area contributed by atoms with E-state index >= 15 is 0 Å². The van der Waals surface area contributed by atoms with Crippen molar-refractivity contribution in [2.75, 3.05) is 31.1 Å². The number of nitro benzene ring substituents is 1. The van der Waals surface area contributed by atoms with Crippen LogP contribution in [0.25, 0.3) is 0 Å². The van der Waals surface area contributed by atoms with Crippen LogP contribution in [-0.4, -0.2) is 41.9 Å². The average Bonchev–Trinajstić information content (AvgIpc) is 2.92. The zero-order valence-corrected chi connectivity index (χ0v) is 14.5. The highest BCUT2D eigenvalue weighted by Crippen LogP contribution is 2.29. The van der Waals surface area contributed by atoms with E-state index in [1.165, 1.54) is 6.07 Å². The maximum Gasteiger partial charge on any atom is 0.292 e. The summed E-state index contributed by atoms with van der Waals surface area (Å²) in [6.45, 7) is 6.30. The average molecular weight is 345 g/mol. The molecule has 0 atom stereocenters. The molecule has 0 unspecified atom stereocenters. The number of nitro groups is 1. The molecule has 3 rings (SSSR count). The van der Waals surface area contributed by atoms with Crippen LogP contribution in [-0.2, 0) is 0 Å². The number of carbonyl (C=O) groups is 1. The van der Waals surface area contributed by atoms with E-state index in [1.807, 2.05) is 29.7 Å². The van der Waals surface area contributed by atoms with Crippen molar-refractivity contribution in [3.8, 4) is 0 Å². The molecule has 0 bridgehead atoms. The Labute approximate surface area is 144 Å². The van der Waals surface area contributed by atoms with Crippen molar-refractivity contribution in [2.45, 2.75) is 13.8 Å². The van der Waals surface area contributed by atoms with Crippen LogP contribution < -0.4 is 4.90 Å². The fraction of sp³-hybridized carbons (Fsp3) is 0.353. The Hall–Kier alpha value is -2.41.